The molecule has 3 rings (SSSR count). The molecule has 0 saturated heterocycles. The van der Waals surface area contributed by atoms with Crippen molar-refractivity contribution in [3.05, 3.63) is 40.4 Å². The second kappa shape index (κ2) is 6.10. The van der Waals surface area contributed by atoms with Gasteiger partial charge in [0, 0.05) is 17.6 Å². The van der Waals surface area contributed by atoms with E-state index in [0.717, 1.165) is 25.2 Å². The molecule has 1 aromatic carbocycles. The zero-order valence-corrected chi connectivity index (χ0v) is 11.7. The lowest BCUT2D eigenvalue weighted by molar-refractivity contribution is 0.102. The summed E-state index contributed by atoms with van der Waals surface area (Å²) in [7, 11) is 0. The number of rotatable bonds is 2. The molecule has 0 unspecified atom stereocenters. The number of hydrogen-bond donors (Lipinski definition) is 2. The molecule has 2 aromatic rings. The Labute approximate surface area is 121 Å². The van der Waals surface area contributed by atoms with Crippen molar-refractivity contribution in [1.29, 1.82) is 0 Å². The van der Waals surface area contributed by atoms with Gasteiger partial charge in [-0.1, -0.05) is 10.6 Å². The summed E-state index contributed by atoms with van der Waals surface area (Å²) < 4.78 is 3.68. The maximum absolute atomic E-state index is 11.8. The van der Waals surface area contributed by atoms with E-state index in [4.69, 9.17) is 0 Å². The predicted octanol–water partition coefficient (Wildman–Crippen LogP) is 1.86. The molecule has 0 atom stereocenters. The largest absolute Gasteiger partial charge is 0.321 e. The van der Waals surface area contributed by atoms with Crippen molar-refractivity contribution < 1.29 is 4.79 Å². The molecule has 1 amide bonds. The number of nitrogens with zero attached hydrogens (tertiary/aromatic N) is 2. The number of amides is 1. The van der Waals surface area contributed by atoms with Crippen LogP contribution in [0.5, 0.6) is 0 Å². The Kier molecular flexibility index (Phi) is 4.47. The molecule has 100 valence electrons. The van der Waals surface area contributed by atoms with E-state index >= 15 is 0 Å². The van der Waals surface area contributed by atoms with Crippen LogP contribution in [0.1, 0.15) is 21.6 Å². The maximum Gasteiger partial charge on any atom is 0.277 e. The van der Waals surface area contributed by atoms with E-state index in [1.807, 2.05) is 12.1 Å². The van der Waals surface area contributed by atoms with Gasteiger partial charge in [0.1, 0.15) is 0 Å². The van der Waals surface area contributed by atoms with Gasteiger partial charge in [0.2, 0.25) is 0 Å². The van der Waals surface area contributed by atoms with Crippen molar-refractivity contribution in [2.24, 2.45) is 0 Å². The average Bonchev–Trinajstić information content (AvgIpc) is 2.92. The smallest absolute Gasteiger partial charge is 0.277 e. The molecular formula is C12H13ClN4OS. The van der Waals surface area contributed by atoms with E-state index in [-0.39, 0.29) is 18.3 Å². The summed E-state index contributed by atoms with van der Waals surface area (Å²) in [5, 5.41) is 11.5. The van der Waals surface area contributed by atoms with Gasteiger partial charge in [0.05, 0.1) is 0 Å². The van der Waals surface area contributed by atoms with Crippen molar-refractivity contribution in [3.63, 3.8) is 0 Å². The molecule has 0 aliphatic carbocycles. The zero-order valence-electron chi connectivity index (χ0n) is 10.0. The summed E-state index contributed by atoms with van der Waals surface area (Å²) in [4.78, 5) is 11.8. The Bertz CT molecular complexity index is 573. The number of anilines is 1. The molecule has 0 saturated carbocycles. The van der Waals surface area contributed by atoms with Gasteiger partial charge >= 0.3 is 0 Å². The van der Waals surface area contributed by atoms with E-state index in [1.165, 1.54) is 22.7 Å². The lowest BCUT2D eigenvalue weighted by atomic mass is 10.0. The fourth-order valence-corrected chi connectivity index (χ4v) is 2.45. The molecule has 1 aromatic heterocycles. The maximum atomic E-state index is 11.8. The molecule has 0 spiro atoms. The van der Waals surface area contributed by atoms with Crippen LogP contribution in [-0.4, -0.2) is 22.0 Å². The first kappa shape index (κ1) is 13.9. The fourth-order valence-electron chi connectivity index (χ4n) is 2.02. The molecule has 2 N–H and O–H groups in total. The molecule has 1 aliphatic heterocycles. The van der Waals surface area contributed by atoms with Crippen LogP contribution in [0.2, 0.25) is 0 Å². The number of aromatic nitrogens is 2. The molecule has 2 heterocycles. The van der Waals surface area contributed by atoms with E-state index < -0.39 is 0 Å². The average molecular weight is 297 g/mol. The standard InChI is InChI=1S/C12H12N4OS.ClH/c17-12(11-7-18-16-15-11)14-10-2-1-8-3-4-13-6-9(8)5-10;/h1-2,5,7,13H,3-4,6H2,(H,14,17);1H. The summed E-state index contributed by atoms with van der Waals surface area (Å²) >= 11 is 1.17. The molecular weight excluding hydrogens is 284 g/mol. The minimum absolute atomic E-state index is 0. The summed E-state index contributed by atoms with van der Waals surface area (Å²) in [5.74, 6) is -0.215. The van der Waals surface area contributed by atoms with Crippen molar-refractivity contribution in [3.8, 4) is 0 Å². The number of fused-ring (bicyclic) bond motifs is 1. The van der Waals surface area contributed by atoms with E-state index in [2.05, 4.69) is 26.3 Å². The van der Waals surface area contributed by atoms with Gasteiger partial charge in [0.15, 0.2) is 5.69 Å². The molecule has 0 bridgehead atoms. The normalized spacial score (nSPS) is 13.3. The van der Waals surface area contributed by atoms with Gasteiger partial charge < -0.3 is 10.6 Å². The Morgan fingerprint density at radius 2 is 2.26 bits per heavy atom. The van der Waals surface area contributed by atoms with Crippen molar-refractivity contribution in [1.82, 2.24) is 14.9 Å². The highest BCUT2D eigenvalue weighted by Crippen LogP contribution is 2.19. The number of halogens is 1. The van der Waals surface area contributed by atoms with E-state index in [1.54, 1.807) is 5.38 Å². The van der Waals surface area contributed by atoms with Crippen LogP contribution in [0.3, 0.4) is 0 Å². The molecule has 7 heteroatoms. The minimum Gasteiger partial charge on any atom is -0.321 e. The monoisotopic (exact) mass is 296 g/mol. The molecule has 19 heavy (non-hydrogen) atoms. The third kappa shape index (κ3) is 3.09. The van der Waals surface area contributed by atoms with Crippen LogP contribution in [0.15, 0.2) is 23.6 Å². The van der Waals surface area contributed by atoms with Gasteiger partial charge in [-0.15, -0.1) is 17.5 Å². The van der Waals surface area contributed by atoms with Crippen LogP contribution in [0, 0.1) is 0 Å². The topological polar surface area (TPSA) is 66.9 Å². The van der Waals surface area contributed by atoms with Crippen LogP contribution in [-0.2, 0) is 13.0 Å². The quantitative estimate of drug-likeness (QED) is 0.888. The van der Waals surface area contributed by atoms with Crippen LogP contribution < -0.4 is 10.6 Å². The first-order valence-corrected chi connectivity index (χ1v) is 6.57. The first-order valence-electron chi connectivity index (χ1n) is 5.74. The second-order valence-electron chi connectivity index (χ2n) is 4.15. The van der Waals surface area contributed by atoms with Gasteiger partial charge in [0.25, 0.3) is 5.91 Å². The second-order valence-corrected chi connectivity index (χ2v) is 4.76. The minimum atomic E-state index is -0.215. The zero-order chi connectivity index (χ0) is 12.4. The van der Waals surface area contributed by atoms with Gasteiger partial charge in [-0.25, -0.2) is 0 Å². The lowest BCUT2D eigenvalue weighted by Gasteiger charge is -2.17. The molecule has 1 aliphatic rings. The molecule has 5 nitrogen and oxygen atoms in total. The van der Waals surface area contributed by atoms with Gasteiger partial charge in [-0.05, 0) is 47.8 Å². The fraction of sp³-hybridized carbons (Fsp3) is 0.250. The highest BCUT2D eigenvalue weighted by atomic mass is 35.5. The van der Waals surface area contributed by atoms with Gasteiger partial charge in [-0.2, -0.15) is 0 Å². The summed E-state index contributed by atoms with van der Waals surface area (Å²) in [6, 6.07) is 6.02. The summed E-state index contributed by atoms with van der Waals surface area (Å²) in [6.07, 6.45) is 1.04. The number of carbonyl (C=O) groups excluding carboxylic acids is 1. The SMILES string of the molecule is Cl.O=C(Nc1ccc2c(c1)CNCC2)c1csnn1. The van der Waals surface area contributed by atoms with Crippen LogP contribution in [0.25, 0.3) is 0 Å². The number of carbonyl (C=O) groups is 1. The lowest BCUT2D eigenvalue weighted by Crippen LogP contribution is -2.23. The summed E-state index contributed by atoms with van der Waals surface area (Å²) in [6.45, 7) is 1.88. The molecule has 0 radical (unpaired) electrons. The van der Waals surface area contributed by atoms with Crippen molar-refractivity contribution in [2.45, 2.75) is 13.0 Å². The van der Waals surface area contributed by atoms with Gasteiger partial charge in [-0.3, -0.25) is 4.79 Å². The van der Waals surface area contributed by atoms with Crippen molar-refractivity contribution in [2.75, 3.05) is 11.9 Å². The first-order chi connectivity index (χ1) is 8.83. The third-order valence-corrected chi connectivity index (χ3v) is 3.45. The third-order valence-electron chi connectivity index (χ3n) is 2.94. The van der Waals surface area contributed by atoms with Crippen molar-refractivity contribution >= 4 is 35.5 Å². The number of benzene rings is 1. The Hall–Kier alpha value is -1.50. The van der Waals surface area contributed by atoms with E-state index in [0.29, 0.717) is 5.69 Å². The molecule has 0 fully saturated rings. The van der Waals surface area contributed by atoms with E-state index in [9.17, 15) is 4.79 Å². The van der Waals surface area contributed by atoms with Crippen LogP contribution >= 0.6 is 23.9 Å². The Morgan fingerprint density at radius 3 is 3.05 bits per heavy atom. The number of hydrogen-bond acceptors (Lipinski definition) is 5. The number of nitrogens with one attached hydrogen (secondary N) is 2. The highest BCUT2D eigenvalue weighted by molar-refractivity contribution is 7.03. The predicted molar refractivity (Wildman–Crippen MR) is 77.0 cm³/mol. The summed E-state index contributed by atoms with van der Waals surface area (Å²) in [5.41, 5.74) is 3.75. The van der Waals surface area contributed by atoms with Crippen LogP contribution in [0.4, 0.5) is 5.69 Å². The highest BCUT2D eigenvalue weighted by Gasteiger charge is 2.12. The Morgan fingerprint density at radius 1 is 1.37 bits per heavy atom. The Balaban J connectivity index is 0.00000133.